The number of pyridine rings is 1. The first-order valence-electron chi connectivity index (χ1n) is 5.17. The highest BCUT2D eigenvalue weighted by Gasteiger charge is 2.07. The van der Waals surface area contributed by atoms with E-state index in [0.29, 0.717) is 6.54 Å². The Morgan fingerprint density at radius 2 is 2.25 bits per heavy atom. The summed E-state index contributed by atoms with van der Waals surface area (Å²) >= 11 is 0. The molecule has 1 amide bonds. The maximum absolute atomic E-state index is 11.3. The number of hydrogen-bond donors (Lipinski definition) is 2. The molecule has 1 aromatic rings. The van der Waals surface area contributed by atoms with Crippen LogP contribution in [0.5, 0.6) is 0 Å². The van der Waals surface area contributed by atoms with Gasteiger partial charge in [0.25, 0.3) is 0 Å². The second-order valence-corrected chi connectivity index (χ2v) is 3.89. The molecule has 0 aromatic carbocycles. The van der Waals surface area contributed by atoms with Crippen molar-refractivity contribution in [3.8, 4) is 0 Å². The van der Waals surface area contributed by atoms with E-state index in [-0.39, 0.29) is 5.91 Å². The topological polar surface area (TPSA) is 71.2 Å². The summed E-state index contributed by atoms with van der Waals surface area (Å²) in [5.74, 6) is 0.699. The fourth-order valence-electron chi connectivity index (χ4n) is 1.15. The lowest BCUT2D eigenvalue weighted by Gasteiger charge is -2.13. The summed E-state index contributed by atoms with van der Waals surface area (Å²) in [6.45, 7) is 2.06. The highest BCUT2D eigenvalue weighted by atomic mass is 16.2. The molecule has 5 heteroatoms. The van der Waals surface area contributed by atoms with Crippen LogP contribution in [0.2, 0.25) is 0 Å². The summed E-state index contributed by atoms with van der Waals surface area (Å²) in [6, 6.07) is 5.21. The summed E-state index contributed by atoms with van der Waals surface area (Å²) < 4.78 is 0. The first-order chi connectivity index (χ1) is 7.50. The van der Waals surface area contributed by atoms with Gasteiger partial charge in [0.05, 0.1) is 18.3 Å². The van der Waals surface area contributed by atoms with Gasteiger partial charge in [-0.1, -0.05) is 6.07 Å². The molecule has 0 aliphatic rings. The monoisotopic (exact) mass is 222 g/mol. The van der Waals surface area contributed by atoms with Crippen LogP contribution in [-0.2, 0) is 11.3 Å². The van der Waals surface area contributed by atoms with Crippen LogP contribution in [0.3, 0.4) is 0 Å². The Morgan fingerprint density at radius 3 is 2.81 bits per heavy atom. The average molecular weight is 222 g/mol. The van der Waals surface area contributed by atoms with E-state index >= 15 is 0 Å². The van der Waals surface area contributed by atoms with Gasteiger partial charge in [0.1, 0.15) is 5.82 Å². The Kier molecular flexibility index (Phi) is 4.25. The number of carbonyl (C=O) groups excluding carboxylic acids is 1. The van der Waals surface area contributed by atoms with Gasteiger partial charge in [-0.25, -0.2) is 4.98 Å². The minimum atomic E-state index is -0.489. The number of nitrogens with zero attached hydrogens (tertiary/aromatic N) is 2. The Morgan fingerprint density at radius 1 is 1.56 bits per heavy atom. The molecule has 88 valence electrons. The van der Waals surface area contributed by atoms with Crippen molar-refractivity contribution in [2.75, 3.05) is 19.0 Å². The van der Waals surface area contributed by atoms with Crippen LogP contribution in [0.15, 0.2) is 18.2 Å². The van der Waals surface area contributed by atoms with Crippen molar-refractivity contribution >= 4 is 11.7 Å². The van der Waals surface area contributed by atoms with E-state index in [9.17, 15) is 4.79 Å². The number of amides is 1. The van der Waals surface area contributed by atoms with Crippen molar-refractivity contribution in [3.05, 3.63) is 23.9 Å². The molecule has 0 aliphatic carbocycles. The highest BCUT2D eigenvalue weighted by molar-refractivity contribution is 5.80. The van der Waals surface area contributed by atoms with Gasteiger partial charge in [0, 0.05) is 14.1 Å². The predicted octanol–water partition coefficient (Wildman–Crippen LogP) is 0.111. The number of nitrogens with one attached hydrogen (secondary N) is 1. The van der Waals surface area contributed by atoms with E-state index in [4.69, 9.17) is 5.73 Å². The second-order valence-electron chi connectivity index (χ2n) is 3.89. The number of anilines is 1. The Balaban J connectivity index is 2.61. The first kappa shape index (κ1) is 12.4. The SMILES string of the molecule is C[C@@H](N)C(=O)NCc1cccc(N(C)C)n1. The zero-order valence-corrected chi connectivity index (χ0v) is 9.90. The highest BCUT2D eigenvalue weighted by Crippen LogP contribution is 2.07. The molecule has 0 bridgehead atoms. The zero-order valence-electron chi connectivity index (χ0n) is 9.90. The van der Waals surface area contributed by atoms with Crippen LogP contribution in [0.1, 0.15) is 12.6 Å². The molecule has 0 saturated carbocycles. The number of aromatic nitrogens is 1. The summed E-state index contributed by atoms with van der Waals surface area (Å²) in [4.78, 5) is 17.5. The lowest BCUT2D eigenvalue weighted by molar-refractivity contribution is -0.122. The number of carbonyl (C=O) groups is 1. The maximum atomic E-state index is 11.3. The van der Waals surface area contributed by atoms with Gasteiger partial charge < -0.3 is 16.0 Å². The standard InChI is InChI=1S/C11H18N4O/c1-8(12)11(16)13-7-9-5-4-6-10(14-9)15(2)3/h4-6,8H,7,12H2,1-3H3,(H,13,16)/t8-/m1/s1. The minimum absolute atomic E-state index is 0.169. The molecule has 0 saturated heterocycles. The van der Waals surface area contributed by atoms with Crippen molar-refractivity contribution in [3.63, 3.8) is 0 Å². The van der Waals surface area contributed by atoms with Crippen LogP contribution in [0.4, 0.5) is 5.82 Å². The molecule has 0 aliphatic heterocycles. The lowest BCUT2D eigenvalue weighted by Crippen LogP contribution is -2.38. The molecular formula is C11H18N4O. The third-order valence-corrected chi connectivity index (χ3v) is 2.11. The number of rotatable bonds is 4. The molecule has 0 spiro atoms. The number of hydrogen-bond acceptors (Lipinski definition) is 4. The Labute approximate surface area is 95.7 Å². The molecular weight excluding hydrogens is 204 g/mol. The van der Waals surface area contributed by atoms with E-state index < -0.39 is 6.04 Å². The summed E-state index contributed by atoms with van der Waals surface area (Å²) in [5, 5.41) is 2.72. The molecule has 1 atom stereocenters. The molecule has 0 unspecified atom stereocenters. The third kappa shape index (κ3) is 3.51. The fraction of sp³-hybridized carbons (Fsp3) is 0.455. The summed E-state index contributed by atoms with van der Waals surface area (Å²) in [6.07, 6.45) is 0. The van der Waals surface area contributed by atoms with Crippen LogP contribution in [0.25, 0.3) is 0 Å². The van der Waals surface area contributed by atoms with Gasteiger partial charge in [-0.15, -0.1) is 0 Å². The van der Waals surface area contributed by atoms with E-state index in [1.165, 1.54) is 0 Å². The van der Waals surface area contributed by atoms with Crippen LogP contribution in [0, 0.1) is 0 Å². The summed E-state index contributed by atoms with van der Waals surface area (Å²) in [5.41, 5.74) is 6.26. The van der Waals surface area contributed by atoms with Crippen LogP contribution < -0.4 is 16.0 Å². The van der Waals surface area contributed by atoms with E-state index in [2.05, 4.69) is 10.3 Å². The van der Waals surface area contributed by atoms with Crippen molar-refractivity contribution in [2.24, 2.45) is 5.73 Å². The minimum Gasteiger partial charge on any atom is -0.363 e. The van der Waals surface area contributed by atoms with E-state index in [1.54, 1.807) is 6.92 Å². The fourth-order valence-corrected chi connectivity index (χ4v) is 1.15. The van der Waals surface area contributed by atoms with Gasteiger partial charge in [-0.05, 0) is 19.1 Å². The van der Waals surface area contributed by atoms with Gasteiger partial charge in [0.15, 0.2) is 0 Å². The third-order valence-electron chi connectivity index (χ3n) is 2.11. The molecule has 1 rings (SSSR count). The van der Waals surface area contributed by atoms with E-state index in [0.717, 1.165) is 11.5 Å². The Hall–Kier alpha value is -1.62. The molecule has 0 fully saturated rings. The van der Waals surface area contributed by atoms with Gasteiger partial charge in [-0.2, -0.15) is 0 Å². The quantitative estimate of drug-likeness (QED) is 0.758. The van der Waals surface area contributed by atoms with Crippen LogP contribution >= 0.6 is 0 Å². The van der Waals surface area contributed by atoms with Gasteiger partial charge in [0.2, 0.25) is 5.91 Å². The van der Waals surface area contributed by atoms with Crippen LogP contribution in [-0.4, -0.2) is 31.0 Å². The van der Waals surface area contributed by atoms with Crippen molar-refractivity contribution in [1.29, 1.82) is 0 Å². The lowest BCUT2D eigenvalue weighted by atomic mass is 10.3. The van der Waals surface area contributed by atoms with Crippen molar-refractivity contribution < 1.29 is 4.79 Å². The maximum Gasteiger partial charge on any atom is 0.236 e. The number of nitrogens with two attached hydrogens (primary N) is 1. The van der Waals surface area contributed by atoms with Gasteiger partial charge >= 0.3 is 0 Å². The molecule has 16 heavy (non-hydrogen) atoms. The normalized spacial score (nSPS) is 12.0. The predicted molar refractivity (Wildman–Crippen MR) is 64.1 cm³/mol. The average Bonchev–Trinajstić information content (AvgIpc) is 2.26. The Bertz CT molecular complexity index is 363. The van der Waals surface area contributed by atoms with E-state index in [1.807, 2.05) is 37.2 Å². The van der Waals surface area contributed by atoms with Gasteiger partial charge in [-0.3, -0.25) is 4.79 Å². The largest absolute Gasteiger partial charge is 0.363 e. The molecule has 1 heterocycles. The molecule has 0 radical (unpaired) electrons. The summed E-state index contributed by atoms with van der Waals surface area (Å²) in [7, 11) is 3.85. The zero-order chi connectivity index (χ0) is 12.1. The van der Waals surface area contributed by atoms with Crippen molar-refractivity contribution in [2.45, 2.75) is 19.5 Å². The molecule has 5 nitrogen and oxygen atoms in total. The molecule has 1 aromatic heterocycles. The van der Waals surface area contributed by atoms with Crippen molar-refractivity contribution in [1.82, 2.24) is 10.3 Å². The first-order valence-corrected chi connectivity index (χ1v) is 5.17. The second kappa shape index (κ2) is 5.46. The smallest absolute Gasteiger partial charge is 0.236 e. The molecule has 3 N–H and O–H groups in total.